The predicted octanol–water partition coefficient (Wildman–Crippen LogP) is 4.51. The zero-order valence-corrected chi connectivity index (χ0v) is 19.0. The highest BCUT2D eigenvalue weighted by atomic mass is 16.6. The summed E-state index contributed by atoms with van der Waals surface area (Å²) in [6, 6.07) is 8.46. The fourth-order valence-electron chi connectivity index (χ4n) is 4.67. The van der Waals surface area contributed by atoms with E-state index in [2.05, 4.69) is 27.0 Å². The second kappa shape index (κ2) is 9.35. The fraction of sp³-hybridized carbons (Fsp3) is 0.320. The van der Waals surface area contributed by atoms with Gasteiger partial charge >= 0.3 is 0 Å². The van der Waals surface area contributed by atoms with Crippen molar-refractivity contribution in [1.29, 1.82) is 10.7 Å². The van der Waals surface area contributed by atoms with E-state index in [1.54, 1.807) is 19.3 Å². The maximum absolute atomic E-state index is 9.58. The number of pyridine rings is 1. The first-order valence-corrected chi connectivity index (χ1v) is 11.5. The summed E-state index contributed by atoms with van der Waals surface area (Å²) in [5.41, 5.74) is 4.44. The van der Waals surface area contributed by atoms with Crippen molar-refractivity contribution in [3.63, 3.8) is 0 Å². The molecular formula is C25H27N7O2. The van der Waals surface area contributed by atoms with Gasteiger partial charge < -0.3 is 35.8 Å². The molecule has 0 saturated heterocycles. The van der Waals surface area contributed by atoms with Gasteiger partial charge in [-0.05, 0) is 31.1 Å². The van der Waals surface area contributed by atoms with Crippen molar-refractivity contribution < 1.29 is 9.47 Å². The van der Waals surface area contributed by atoms with Gasteiger partial charge in [0.2, 0.25) is 0 Å². The number of rotatable bonds is 7. The normalized spacial score (nSPS) is 15.7. The Labute approximate surface area is 197 Å². The number of benzene rings is 1. The molecule has 34 heavy (non-hydrogen) atoms. The van der Waals surface area contributed by atoms with Crippen LogP contribution in [-0.4, -0.2) is 42.5 Å². The van der Waals surface area contributed by atoms with Gasteiger partial charge in [0.1, 0.15) is 30.7 Å². The van der Waals surface area contributed by atoms with Crippen LogP contribution in [0.15, 0.2) is 30.5 Å². The maximum Gasteiger partial charge on any atom is 0.185 e. The highest BCUT2D eigenvalue weighted by Crippen LogP contribution is 2.44. The van der Waals surface area contributed by atoms with Crippen molar-refractivity contribution in [2.24, 2.45) is 0 Å². The Morgan fingerprint density at radius 1 is 1.21 bits per heavy atom. The lowest BCUT2D eigenvalue weighted by Crippen LogP contribution is -2.19. The minimum Gasteiger partial charge on any atom is -0.485 e. The number of nitrogens with one attached hydrogen (secondary N) is 5. The number of hydrogen-bond acceptors (Lipinski definition) is 8. The van der Waals surface area contributed by atoms with Crippen LogP contribution in [0.4, 0.5) is 17.2 Å². The zero-order chi connectivity index (χ0) is 23.5. The minimum atomic E-state index is 0.393. The van der Waals surface area contributed by atoms with Gasteiger partial charge in [-0.2, -0.15) is 5.26 Å². The van der Waals surface area contributed by atoms with Crippen LogP contribution in [0.25, 0.3) is 16.7 Å². The summed E-state index contributed by atoms with van der Waals surface area (Å²) in [6.07, 6.45) is 9.28. The van der Waals surface area contributed by atoms with E-state index in [1.807, 2.05) is 18.2 Å². The topological polar surface area (TPSA) is 131 Å². The molecule has 9 nitrogen and oxygen atoms in total. The van der Waals surface area contributed by atoms with Crippen LogP contribution in [-0.2, 0) is 0 Å². The van der Waals surface area contributed by atoms with Gasteiger partial charge in [-0.25, -0.2) is 4.98 Å². The van der Waals surface area contributed by atoms with Gasteiger partial charge in [0, 0.05) is 42.8 Å². The number of fused-ring (bicyclic) bond motifs is 2. The predicted molar refractivity (Wildman–Crippen MR) is 133 cm³/mol. The highest BCUT2D eigenvalue weighted by Gasteiger charge is 2.23. The Morgan fingerprint density at radius 3 is 2.74 bits per heavy atom. The van der Waals surface area contributed by atoms with E-state index < -0.39 is 0 Å². The van der Waals surface area contributed by atoms with Gasteiger partial charge in [-0.1, -0.05) is 12.8 Å². The molecule has 5 rings (SSSR count). The van der Waals surface area contributed by atoms with Gasteiger partial charge in [-0.15, -0.1) is 0 Å². The van der Waals surface area contributed by atoms with E-state index >= 15 is 0 Å². The first-order valence-electron chi connectivity index (χ1n) is 11.5. The molecule has 0 atom stereocenters. The Bertz CT molecular complexity index is 1300. The van der Waals surface area contributed by atoms with E-state index in [4.69, 9.17) is 19.9 Å². The Kier molecular flexibility index (Phi) is 5.95. The van der Waals surface area contributed by atoms with Gasteiger partial charge in [0.25, 0.3) is 0 Å². The van der Waals surface area contributed by atoms with Gasteiger partial charge in [0.15, 0.2) is 11.5 Å². The molecule has 3 aromatic rings. The lowest BCUT2D eigenvalue weighted by molar-refractivity contribution is 0.172. The van der Waals surface area contributed by atoms with Crippen molar-refractivity contribution in [2.45, 2.75) is 31.7 Å². The summed E-state index contributed by atoms with van der Waals surface area (Å²) in [5, 5.41) is 28.0. The van der Waals surface area contributed by atoms with Crippen molar-refractivity contribution in [2.75, 3.05) is 30.9 Å². The molecule has 1 saturated carbocycles. The van der Waals surface area contributed by atoms with Crippen molar-refractivity contribution >= 4 is 40.1 Å². The molecule has 2 aliphatic rings. The monoisotopic (exact) mass is 457 g/mol. The molecule has 1 aromatic carbocycles. The van der Waals surface area contributed by atoms with Crippen molar-refractivity contribution in [3.05, 3.63) is 41.6 Å². The quantitative estimate of drug-likeness (QED) is 0.330. The Morgan fingerprint density at radius 2 is 2.00 bits per heavy atom. The third-order valence-electron chi connectivity index (χ3n) is 6.24. The molecule has 174 valence electrons. The maximum atomic E-state index is 9.58. The number of allylic oxidation sites excluding steroid dienone is 1. The number of anilines is 3. The zero-order valence-electron chi connectivity index (χ0n) is 19.0. The van der Waals surface area contributed by atoms with Crippen LogP contribution in [0.5, 0.6) is 11.5 Å². The van der Waals surface area contributed by atoms with Crippen LogP contribution in [0.2, 0.25) is 0 Å². The number of nitrogens with zero attached hydrogens (tertiary/aromatic N) is 2. The van der Waals surface area contributed by atoms with Crippen LogP contribution < -0.4 is 25.4 Å². The molecule has 0 unspecified atom stereocenters. The summed E-state index contributed by atoms with van der Waals surface area (Å²) in [6.45, 7) is 0.890. The minimum absolute atomic E-state index is 0.393. The average Bonchev–Trinajstić information content (AvgIpc) is 3.53. The highest BCUT2D eigenvalue weighted by molar-refractivity contribution is 5.97. The largest absolute Gasteiger partial charge is 0.485 e. The van der Waals surface area contributed by atoms with E-state index in [1.165, 1.54) is 19.1 Å². The lowest BCUT2D eigenvalue weighted by atomic mass is 10.1. The SMILES string of the molecule is CN/C(=C\C=N)c1ccc(Nc2cc(NC3CCCC3)c3c(C#N)c[nH]c3n2)c2c1OCCO2. The summed E-state index contributed by atoms with van der Waals surface area (Å²) in [4.78, 5) is 7.85. The molecule has 5 N–H and O–H groups in total. The number of aromatic nitrogens is 2. The fourth-order valence-corrected chi connectivity index (χ4v) is 4.67. The Hall–Kier alpha value is -4.19. The molecule has 2 aromatic heterocycles. The third-order valence-corrected chi connectivity index (χ3v) is 6.24. The molecule has 0 radical (unpaired) electrons. The van der Waals surface area contributed by atoms with E-state index in [-0.39, 0.29) is 0 Å². The number of nitriles is 1. The molecule has 1 aliphatic heterocycles. The summed E-state index contributed by atoms with van der Waals surface area (Å²) in [7, 11) is 1.81. The van der Waals surface area contributed by atoms with E-state index in [0.29, 0.717) is 47.8 Å². The molecule has 9 heteroatoms. The molecule has 0 bridgehead atoms. The van der Waals surface area contributed by atoms with Crippen LogP contribution in [0.1, 0.15) is 36.8 Å². The summed E-state index contributed by atoms with van der Waals surface area (Å²) in [5.74, 6) is 1.86. The van der Waals surface area contributed by atoms with E-state index in [9.17, 15) is 5.26 Å². The number of ether oxygens (including phenoxy) is 2. The smallest absolute Gasteiger partial charge is 0.185 e. The summed E-state index contributed by atoms with van der Waals surface area (Å²) < 4.78 is 12.0. The molecule has 1 fully saturated rings. The molecule has 3 heterocycles. The molecule has 1 aliphatic carbocycles. The molecular weight excluding hydrogens is 430 g/mol. The third kappa shape index (κ3) is 3.99. The van der Waals surface area contributed by atoms with E-state index in [0.717, 1.165) is 40.9 Å². The van der Waals surface area contributed by atoms with Crippen LogP contribution >= 0.6 is 0 Å². The van der Waals surface area contributed by atoms with Gasteiger partial charge in [-0.3, -0.25) is 0 Å². The van der Waals surface area contributed by atoms with Gasteiger partial charge in [0.05, 0.1) is 22.3 Å². The van der Waals surface area contributed by atoms with Crippen LogP contribution in [0.3, 0.4) is 0 Å². The number of H-pyrrole nitrogens is 1. The average molecular weight is 458 g/mol. The first kappa shape index (κ1) is 21.6. The number of aromatic amines is 1. The standard InChI is InChI=1S/C25H27N7O2/c1-28-18(8-9-26)17-6-7-19(24-23(17)33-10-11-34-24)31-21-12-20(30-16-4-2-3-5-16)22-15(13-27)14-29-25(22)32-21/h6-9,12,14,16,26,28H,2-5,10-11H2,1H3,(H3,29,30,31,32)/b18-8-,26-9?. The second-order valence-corrected chi connectivity index (χ2v) is 8.36. The summed E-state index contributed by atoms with van der Waals surface area (Å²) >= 11 is 0. The molecule has 0 amide bonds. The van der Waals surface area contributed by atoms with Crippen LogP contribution in [0, 0.1) is 16.7 Å². The molecule has 0 spiro atoms. The number of hydrogen-bond donors (Lipinski definition) is 5. The van der Waals surface area contributed by atoms with Crippen molar-refractivity contribution in [1.82, 2.24) is 15.3 Å². The first-order chi connectivity index (χ1) is 16.7. The Balaban J connectivity index is 1.55. The second-order valence-electron chi connectivity index (χ2n) is 8.36. The lowest BCUT2D eigenvalue weighted by Gasteiger charge is -2.25. The van der Waals surface area contributed by atoms with Crippen molar-refractivity contribution in [3.8, 4) is 17.6 Å².